The van der Waals surface area contributed by atoms with E-state index >= 15 is 0 Å². The van der Waals surface area contributed by atoms with E-state index in [1.54, 1.807) is 24.1 Å². The number of alkyl halides is 2. The first-order valence-corrected chi connectivity index (χ1v) is 8.41. The Morgan fingerprint density at radius 1 is 1.12 bits per heavy atom. The van der Waals surface area contributed by atoms with Gasteiger partial charge >= 0.3 is 6.61 Å². The van der Waals surface area contributed by atoms with Gasteiger partial charge in [-0.25, -0.2) is 0 Å². The molecule has 1 amide bonds. The molecule has 0 radical (unpaired) electrons. The molecule has 140 valence electrons. The molecule has 0 saturated heterocycles. The van der Waals surface area contributed by atoms with Crippen molar-refractivity contribution >= 4 is 5.91 Å². The number of hydrogen-bond donors (Lipinski definition) is 0. The summed E-state index contributed by atoms with van der Waals surface area (Å²) >= 11 is 0. The van der Waals surface area contributed by atoms with Crippen LogP contribution in [0.3, 0.4) is 0 Å². The van der Waals surface area contributed by atoms with Crippen LogP contribution < -0.4 is 9.47 Å². The van der Waals surface area contributed by atoms with Crippen LogP contribution in [0.2, 0.25) is 0 Å². The molecular weight excluding hydrogens is 340 g/mol. The Bertz CT molecular complexity index is 704. The van der Waals surface area contributed by atoms with Crippen molar-refractivity contribution in [3.8, 4) is 11.5 Å². The van der Waals surface area contributed by atoms with Crippen molar-refractivity contribution in [2.24, 2.45) is 0 Å². The zero-order chi connectivity index (χ0) is 18.9. The van der Waals surface area contributed by atoms with Gasteiger partial charge in [0.05, 0.1) is 6.61 Å². The molecule has 0 aliphatic carbocycles. The van der Waals surface area contributed by atoms with Crippen LogP contribution >= 0.6 is 0 Å². The minimum atomic E-state index is -2.84. The Hall–Kier alpha value is -2.63. The molecule has 0 aliphatic heterocycles. The quantitative estimate of drug-likeness (QED) is 0.619. The van der Waals surface area contributed by atoms with Crippen molar-refractivity contribution < 1.29 is 23.0 Å². The lowest BCUT2D eigenvalue weighted by molar-refractivity contribution is -0.130. The fourth-order valence-corrected chi connectivity index (χ4v) is 2.45. The number of nitrogens with zero attached hydrogens (tertiary/aromatic N) is 1. The molecule has 6 heteroatoms. The maximum absolute atomic E-state index is 12.2. The van der Waals surface area contributed by atoms with E-state index in [1.807, 2.05) is 31.2 Å². The molecule has 0 aromatic heterocycles. The number of rotatable bonds is 9. The summed E-state index contributed by atoms with van der Waals surface area (Å²) in [4.78, 5) is 13.8. The van der Waals surface area contributed by atoms with Crippen LogP contribution in [0.5, 0.6) is 11.5 Å². The van der Waals surface area contributed by atoms with Crippen LogP contribution in [0.4, 0.5) is 8.78 Å². The van der Waals surface area contributed by atoms with Gasteiger partial charge in [-0.2, -0.15) is 8.78 Å². The van der Waals surface area contributed by atoms with Gasteiger partial charge in [-0.1, -0.05) is 24.3 Å². The van der Waals surface area contributed by atoms with Gasteiger partial charge in [0.25, 0.3) is 0 Å². The molecule has 2 aromatic rings. The van der Waals surface area contributed by atoms with Crippen molar-refractivity contribution in [1.82, 2.24) is 4.90 Å². The molecular formula is C20H23F2NO3. The minimum absolute atomic E-state index is 0.00532. The standard InChI is InChI=1S/C20H23F2NO3/c1-15-5-3-6-18(13-15)25-12-4-7-19(24)23(2)14-16-8-10-17(11-9-16)26-20(21)22/h3,5-6,8-11,13,20H,4,7,12,14H2,1-2H3. The summed E-state index contributed by atoms with van der Waals surface area (Å²) in [5, 5.41) is 0. The molecule has 0 N–H and O–H groups in total. The van der Waals surface area contributed by atoms with Crippen LogP contribution in [0.1, 0.15) is 24.0 Å². The summed E-state index contributed by atoms with van der Waals surface area (Å²) in [5.41, 5.74) is 1.97. The molecule has 0 fully saturated rings. The Kier molecular flexibility index (Phi) is 7.38. The van der Waals surface area contributed by atoms with E-state index in [0.717, 1.165) is 16.9 Å². The van der Waals surface area contributed by atoms with Crippen molar-refractivity contribution in [3.05, 3.63) is 59.7 Å². The number of carbonyl (C=O) groups is 1. The summed E-state index contributed by atoms with van der Waals surface area (Å²) in [6.45, 7) is 0.0411. The summed E-state index contributed by atoms with van der Waals surface area (Å²) in [6.07, 6.45) is 1.01. The zero-order valence-electron chi connectivity index (χ0n) is 15.0. The normalized spacial score (nSPS) is 10.7. The van der Waals surface area contributed by atoms with E-state index in [9.17, 15) is 13.6 Å². The Morgan fingerprint density at radius 2 is 1.85 bits per heavy atom. The van der Waals surface area contributed by atoms with Gasteiger partial charge in [-0.3, -0.25) is 4.79 Å². The van der Waals surface area contributed by atoms with Gasteiger partial charge in [-0.05, 0) is 48.7 Å². The molecule has 0 atom stereocenters. The first-order chi connectivity index (χ1) is 12.4. The molecule has 0 heterocycles. The summed E-state index contributed by atoms with van der Waals surface area (Å²) in [7, 11) is 1.72. The van der Waals surface area contributed by atoms with Crippen molar-refractivity contribution in [3.63, 3.8) is 0 Å². The average molecular weight is 363 g/mol. The molecule has 0 unspecified atom stereocenters. The topological polar surface area (TPSA) is 38.8 Å². The lowest BCUT2D eigenvalue weighted by Gasteiger charge is -2.17. The first kappa shape index (κ1) is 19.7. The molecule has 0 bridgehead atoms. The fraction of sp³-hybridized carbons (Fsp3) is 0.350. The highest BCUT2D eigenvalue weighted by Crippen LogP contribution is 2.16. The zero-order valence-corrected chi connectivity index (χ0v) is 15.0. The Morgan fingerprint density at radius 3 is 2.50 bits per heavy atom. The number of carbonyl (C=O) groups excluding carboxylic acids is 1. The first-order valence-electron chi connectivity index (χ1n) is 8.41. The lowest BCUT2D eigenvalue weighted by atomic mass is 10.2. The average Bonchev–Trinajstić information content (AvgIpc) is 2.60. The van der Waals surface area contributed by atoms with Gasteiger partial charge in [0.15, 0.2) is 0 Å². The van der Waals surface area contributed by atoms with Gasteiger partial charge in [0.2, 0.25) is 5.91 Å². The molecule has 4 nitrogen and oxygen atoms in total. The summed E-state index contributed by atoms with van der Waals surface area (Å²) < 4.78 is 34.2. The highest BCUT2D eigenvalue weighted by molar-refractivity contribution is 5.75. The smallest absolute Gasteiger partial charge is 0.387 e. The van der Waals surface area contributed by atoms with E-state index in [-0.39, 0.29) is 11.7 Å². The van der Waals surface area contributed by atoms with E-state index in [0.29, 0.717) is 26.0 Å². The van der Waals surface area contributed by atoms with Crippen LogP contribution in [0.15, 0.2) is 48.5 Å². The Balaban J connectivity index is 1.71. The highest BCUT2D eigenvalue weighted by Gasteiger charge is 2.10. The van der Waals surface area contributed by atoms with Crippen molar-refractivity contribution in [1.29, 1.82) is 0 Å². The third kappa shape index (κ3) is 6.70. The largest absolute Gasteiger partial charge is 0.494 e. The second-order valence-electron chi connectivity index (χ2n) is 6.04. The predicted molar refractivity (Wildman–Crippen MR) is 95.5 cm³/mol. The summed E-state index contributed by atoms with van der Waals surface area (Å²) in [5.74, 6) is 0.911. The van der Waals surface area contributed by atoms with Crippen LogP contribution in [-0.2, 0) is 11.3 Å². The predicted octanol–water partition coefficient (Wildman–Crippen LogP) is 4.41. The second-order valence-corrected chi connectivity index (χ2v) is 6.04. The molecule has 0 aliphatic rings. The van der Waals surface area contributed by atoms with Crippen LogP contribution in [0, 0.1) is 6.92 Å². The van der Waals surface area contributed by atoms with Crippen molar-refractivity contribution in [2.75, 3.05) is 13.7 Å². The third-order valence-electron chi connectivity index (χ3n) is 3.79. The number of amides is 1. The molecule has 26 heavy (non-hydrogen) atoms. The van der Waals surface area contributed by atoms with Gasteiger partial charge in [0, 0.05) is 20.0 Å². The number of hydrogen-bond acceptors (Lipinski definition) is 3. The third-order valence-corrected chi connectivity index (χ3v) is 3.79. The molecule has 0 saturated carbocycles. The van der Waals surface area contributed by atoms with Crippen molar-refractivity contribution in [2.45, 2.75) is 32.9 Å². The van der Waals surface area contributed by atoms with Crippen LogP contribution in [0.25, 0.3) is 0 Å². The highest BCUT2D eigenvalue weighted by atomic mass is 19.3. The van der Waals surface area contributed by atoms with E-state index in [1.165, 1.54) is 12.1 Å². The second kappa shape index (κ2) is 9.75. The van der Waals surface area contributed by atoms with E-state index < -0.39 is 6.61 Å². The number of benzene rings is 2. The molecule has 2 aromatic carbocycles. The number of halogens is 2. The van der Waals surface area contributed by atoms with E-state index in [4.69, 9.17) is 4.74 Å². The monoisotopic (exact) mass is 363 g/mol. The maximum atomic E-state index is 12.2. The minimum Gasteiger partial charge on any atom is -0.494 e. The molecule has 0 spiro atoms. The SMILES string of the molecule is Cc1cccc(OCCCC(=O)N(C)Cc2ccc(OC(F)F)cc2)c1. The fourth-order valence-electron chi connectivity index (χ4n) is 2.45. The van der Waals surface area contributed by atoms with E-state index in [2.05, 4.69) is 4.74 Å². The maximum Gasteiger partial charge on any atom is 0.387 e. The van der Waals surface area contributed by atoms with Gasteiger partial charge in [0.1, 0.15) is 11.5 Å². The molecule has 2 rings (SSSR count). The lowest BCUT2D eigenvalue weighted by Crippen LogP contribution is -2.26. The van der Waals surface area contributed by atoms with Gasteiger partial charge in [-0.15, -0.1) is 0 Å². The Labute approximate surface area is 152 Å². The van der Waals surface area contributed by atoms with Gasteiger partial charge < -0.3 is 14.4 Å². The van der Waals surface area contributed by atoms with Crippen LogP contribution in [-0.4, -0.2) is 31.1 Å². The number of aryl methyl sites for hydroxylation is 1. The number of ether oxygens (including phenoxy) is 2. The summed E-state index contributed by atoms with van der Waals surface area (Å²) in [6, 6.07) is 14.0.